The van der Waals surface area contributed by atoms with Gasteiger partial charge in [0.05, 0.1) is 5.69 Å². The third-order valence-corrected chi connectivity index (χ3v) is 3.40. The molecule has 2 aromatic heterocycles. The first-order chi connectivity index (χ1) is 10.7. The highest BCUT2D eigenvalue weighted by Gasteiger charge is 2.07. The summed E-state index contributed by atoms with van der Waals surface area (Å²) < 4.78 is 6.99. The van der Waals surface area contributed by atoms with Gasteiger partial charge < -0.3 is 4.74 Å². The Kier molecular flexibility index (Phi) is 4.21. The van der Waals surface area contributed by atoms with Crippen molar-refractivity contribution in [2.75, 3.05) is 0 Å². The monoisotopic (exact) mass is 312 g/mol. The van der Waals surface area contributed by atoms with E-state index in [0.29, 0.717) is 10.8 Å². The predicted octanol–water partition coefficient (Wildman–Crippen LogP) is 3.74. The van der Waals surface area contributed by atoms with Crippen molar-refractivity contribution < 1.29 is 9.53 Å². The Hall–Kier alpha value is -2.59. The molecule has 110 valence electrons. The lowest BCUT2D eigenvalue weighted by atomic mass is 10.2. The molecule has 0 spiro atoms. The number of carbonyl (C=O) groups is 1. The summed E-state index contributed by atoms with van der Waals surface area (Å²) in [5.74, 6) is -0.425. The van der Waals surface area contributed by atoms with Gasteiger partial charge in [-0.1, -0.05) is 48.0 Å². The quantitative estimate of drug-likeness (QED) is 0.544. The number of imidazole rings is 1. The standard InChI is InChI=1S/C17H13ClN2O2/c18-17-14(20-11-5-4-8-15(20)19-17)9-10-16(21)22-12-13-6-2-1-3-7-13/h1-11H,12H2/b10-9+. The maximum atomic E-state index is 11.8. The van der Waals surface area contributed by atoms with Gasteiger partial charge in [-0.2, -0.15) is 0 Å². The maximum absolute atomic E-state index is 11.8. The fourth-order valence-electron chi connectivity index (χ4n) is 2.06. The number of hydrogen-bond acceptors (Lipinski definition) is 3. The van der Waals surface area contributed by atoms with Gasteiger partial charge in [0.2, 0.25) is 0 Å². The van der Waals surface area contributed by atoms with Crippen LogP contribution in [0.4, 0.5) is 0 Å². The Morgan fingerprint density at radius 2 is 1.95 bits per heavy atom. The van der Waals surface area contributed by atoms with E-state index in [2.05, 4.69) is 4.98 Å². The fraction of sp³-hybridized carbons (Fsp3) is 0.0588. The number of ether oxygens (including phenoxy) is 1. The summed E-state index contributed by atoms with van der Waals surface area (Å²) in [4.78, 5) is 16.0. The Labute approximate surface area is 132 Å². The third-order valence-electron chi connectivity index (χ3n) is 3.12. The highest BCUT2D eigenvalue weighted by atomic mass is 35.5. The molecule has 3 aromatic rings. The lowest BCUT2D eigenvalue weighted by Crippen LogP contribution is -2.00. The van der Waals surface area contributed by atoms with Crippen LogP contribution in [0.3, 0.4) is 0 Å². The van der Waals surface area contributed by atoms with E-state index in [1.807, 2.05) is 59.1 Å². The van der Waals surface area contributed by atoms with Crippen LogP contribution in [0.15, 0.2) is 60.8 Å². The summed E-state index contributed by atoms with van der Waals surface area (Å²) in [5.41, 5.74) is 2.32. The van der Waals surface area contributed by atoms with Crippen LogP contribution in [0.2, 0.25) is 5.15 Å². The second kappa shape index (κ2) is 6.45. The molecule has 0 amide bonds. The molecule has 2 heterocycles. The number of carbonyl (C=O) groups excluding carboxylic acids is 1. The molecule has 1 aromatic carbocycles. The number of halogens is 1. The van der Waals surface area contributed by atoms with E-state index in [1.54, 1.807) is 6.08 Å². The highest BCUT2D eigenvalue weighted by molar-refractivity contribution is 6.31. The molecule has 0 radical (unpaired) electrons. The molecule has 0 saturated carbocycles. The molecule has 0 unspecified atom stereocenters. The van der Waals surface area contributed by atoms with E-state index in [1.165, 1.54) is 6.08 Å². The minimum absolute atomic E-state index is 0.241. The molecular weight excluding hydrogens is 300 g/mol. The number of esters is 1. The van der Waals surface area contributed by atoms with E-state index in [4.69, 9.17) is 16.3 Å². The molecule has 4 nitrogen and oxygen atoms in total. The summed E-state index contributed by atoms with van der Waals surface area (Å²) in [6.45, 7) is 0.241. The summed E-state index contributed by atoms with van der Waals surface area (Å²) in [6, 6.07) is 15.1. The molecule has 5 heteroatoms. The number of nitrogens with zero attached hydrogens (tertiary/aromatic N) is 2. The first-order valence-corrected chi connectivity index (χ1v) is 7.13. The molecule has 0 fully saturated rings. The topological polar surface area (TPSA) is 43.6 Å². The molecule has 0 saturated heterocycles. The van der Waals surface area contributed by atoms with Gasteiger partial charge in [0.25, 0.3) is 0 Å². The van der Waals surface area contributed by atoms with Gasteiger partial charge in [-0.15, -0.1) is 0 Å². The van der Waals surface area contributed by atoms with Crippen molar-refractivity contribution in [3.8, 4) is 0 Å². The fourth-order valence-corrected chi connectivity index (χ4v) is 2.30. The molecular formula is C17H13ClN2O2. The lowest BCUT2D eigenvalue weighted by molar-refractivity contribution is -0.138. The predicted molar refractivity (Wildman–Crippen MR) is 85.5 cm³/mol. The van der Waals surface area contributed by atoms with Crippen LogP contribution in [0.1, 0.15) is 11.3 Å². The van der Waals surface area contributed by atoms with Crippen molar-refractivity contribution >= 4 is 29.3 Å². The molecule has 0 bridgehead atoms. The summed E-state index contributed by atoms with van der Waals surface area (Å²) >= 11 is 6.09. The second-order valence-electron chi connectivity index (χ2n) is 4.64. The van der Waals surface area contributed by atoms with Gasteiger partial charge >= 0.3 is 5.97 Å². The third kappa shape index (κ3) is 3.18. The molecule has 3 rings (SSSR count). The summed E-state index contributed by atoms with van der Waals surface area (Å²) in [7, 11) is 0. The number of fused-ring (bicyclic) bond motifs is 1. The van der Waals surface area contributed by atoms with Gasteiger partial charge in [-0.25, -0.2) is 9.78 Å². The SMILES string of the molecule is O=C(/C=C/c1c(Cl)nc2ccccn12)OCc1ccccc1. The van der Waals surface area contributed by atoms with Gasteiger partial charge in [0, 0.05) is 12.3 Å². The van der Waals surface area contributed by atoms with Crippen LogP contribution >= 0.6 is 11.6 Å². The van der Waals surface area contributed by atoms with Crippen LogP contribution in [0, 0.1) is 0 Å². The second-order valence-corrected chi connectivity index (χ2v) is 5.00. The minimum atomic E-state index is -0.425. The van der Waals surface area contributed by atoms with Crippen molar-refractivity contribution in [2.24, 2.45) is 0 Å². The molecule has 0 aliphatic heterocycles. The van der Waals surface area contributed by atoms with Gasteiger partial charge in [0.15, 0.2) is 5.15 Å². The number of pyridine rings is 1. The van der Waals surface area contributed by atoms with Crippen LogP contribution in [0.25, 0.3) is 11.7 Å². The number of benzene rings is 1. The first-order valence-electron chi connectivity index (χ1n) is 6.75. The zero-order valence-corrected chi connectivity index (χ0v) is 12.4. The zero-order valence-electron chi connectivity index (χ0n) is 11.6. The van der Waals surface area contributed by atoms with E-state index in [0.717, 1.165) is 11.2 Å². The normalized spacial score (nSPS) is 11.1. The van der Waals surface area contributed by atoms with Gasteiger partial charge in [-0.3, -0.25) is 4.40 Å². The van der Waals surface area contributed by atoms with Crippen molar-refractivity contribution in [1.82, 2.24) is 9.38 Å². The molecule has 0 aliphatic rings. The van der Waals surface area contributed by atoms with Crippen molar-refractivity contribution in [3.63, 3.8) is 0 Å². The van der Waals surface area contributed by atoms with Crippen LogP contribution < -0.4 is 0 Å². The Morgan fingerprint density at radius 1 is 1.18 bits per heavy atom. The minimum Gasteiger partial charge on any atom is -0.458 e. The smallest absolute Gasteiger partial charge is 0.331 e. The number of hydrogen-bond donors (Lipinski definition) is 0. The average molecular weight is 313 g/mol. The first kappa shape index (κ1) is 14.4. The largest absolute Gasteiger partial charge is 0.458 e. The summed E-state index contributed by atoms with van der Waals surface area (Å²) in [5, 5.41) is 0.346. The Bertz CT molecular complexity index is 825. The highest BCUT2D eigenvalue weighted by Crippen LogP contribution is 2.18. The van der Waals surface area contributed by atoms with Crippen LogP contribution in [0.5, 0.6) is 0 Å². The molecule has 0 N–H and O–H groups in total. The van der Waals surface area contributed by atoms with E-state index in [9.17, 15) is 4.79 Å². The van der Waals surface area contributed by atoms with Crippen molar-refractivity contribution in [3.05, 3.63) is 77.2 Å². The maximum Gasteiger partial charge on any atom is 0.331 e. The molecule has 0 aliphatic carbocycles. The van der Waals surface area contributed by atoms with Crippen molar-refractivity contribution in [1.29, 1.82) is 0 Å². The van der Waals surface area contributed by atoms with E-state index in [-0.39, 0.29) is 6.61 Å². The Morgan fingerprint density at radius 3 is 2.77 bits per heavy atom. The van der Waals surface area contributed by atoms with Crippen LogP contribution in [-0.2, 0) is 16.1 Å². The zero-order chi connectivity index (χ0) is 15.4. The summed E-state index contributed by atoms with van der Waals surface area (Å²) in [6.07, 6.45) is 4.80. The molecule has 0 atom stereocenters. The van der Waals surface area contributed by atoms with E-state index < -0.39 is 5.97 Å². The lowest BCUT2D eigenvalue weighted by Gasteiger charge is -2.01. The van der Waals surface area contributed by atoms with Gasteiger partial charge in [-0.05, 0) is 23.8 Å². The van der Waals surface area contributed by atoms with E-state index >= 15 is 0 Å². The molecule has 22 heavy (non-hydrogen) atoms. The van der Waals surface area contributed by atoms with Crippen molar-refractivity contribution in [2.45, 2.75) is 6.61 Å². The average Bonchev–Trinajstić information content (AvgIpc) is 2.87. The Balaban J connectivity index is 1.70. The number of aromatic nitrogens is 2. The van der Waals surface area contributed by atoms with Gasteiger partial charge in [0.1, 0.15) is 12.3 Å². The van der Waals surface area contributed by atoms with Crippen LogP contribution in [-0.4, -0.2) is 15.4 Å². The number of rotatable bonds is 4.